The summed E-state index contributed by atoms with van der Waals surface area (Å²) in [6.45, 7) is 5.20. The molecule has 1 heterocycles. The summed E-state index contributed by atoms with van der Waals surface area (Å²) in [5.74, 6) is 4.32. The molecular weight excluding hydrogens is 488 g/mol. The van der Waals surface area contributed by atoms with Crippen molar-refractivity contribution in [3.63, 3.8) is 0 Å². The van der Waals surface area contributed by atoms with Gasteiger partial charge in [0.2, 0.25) is 11.8 Å². The first-order chi connectivity index (χ1) is 16.8. The molecule has 36 heavy (non-hydrogen) atoms. The zero-order valence-electron chi connectivity index (χ0n) is 21.0. The van der Waals surface area contributed by atoms with Crippen LogP contribution in [0.4, 0.5) is 4.79 Å². The summed E-state index contributed by atoms with van der Waals surface area (Å²) in [7, 11) is -3.46. The minimum Gasteiger partial charge on any atom is -0.352 e. The number of nitrogens with two attached hydrogens (primary N) is 1. The SMILES string of the molecule is CC(=O)[C@H](CCCNC(N)=O)NC(=O)[C@@H](NC(=O)CCCC#Cc1cc(S(C)(=O)=O)ncn1)C(C)C. The highest BCUT2D eigenvalue weighted by Crippen LogP contribution is 2.07. The van der Waals surface area contributed by atoms with E-state index in [1.54, 1.807) is 13.8 Å². The van der Waals surface area contributed by atoms with Crippen molar-refractivity contribution in [2.75, 3.05) is 12.8 Å². The van der Waals surface area contributed by atoms with Crippen molar-refractivity contribution in [1.82, 2.24) is 25.9 Å². The Morgan fingerprint density at radius 2 is 1.81 bits per heavy atom. The fourth-order valence-electron chi connectivity index (χ4n) is 3.04. The van der Waals surface area contributed by atoms with E-state index in [1.807, 2.05) is 0 Å². The van der Waals surface area contributed by atoms with Gasteiger partial charge in [0, 0.05) is 31.7 Å². The van der Waals surface area contributed by atoms with Gasteiger partial charge in [0.1, 0.15) is 18.1 Å². The summed E-state index contributed by atoms with van der Waals surface area (Å²) >= 11 is 0. The van der Waals surface area contributed by atoms with Crippen molar-refractivity contribution in [2.45, 2.75) is 70.0 Å². The van der Waals surface area contributed by atoms with Crippen LogP contribution in [0.2, 0.25) is 0 Å². The van der Waals surface area contributed by atoms with Crippen LogP contribution in [0.5, 0.6) is 0 Å². The highest BCUT2D eigenvalue weighted by molar-refractivity contribution is 7.90. The van der Waals surface area contributed by atoms with Crippen LogP contribution in [0.1, 0.15) is 58.6 Å². The van der Waals surface area contributed by atoms with Crippen LogP contribution >= 0.6 is 0 Å². The predicted molar refractivity (Wildman–Crippen MR) is 132 cm³/mol. The van der Waals surface area contributed by atoms with E-state index >= 15 is 0 Å². The minimum absolute atomic E-state index is 0.117. The minimum atomic E-state index is -3.46. The van der Waals surface area contributed by atoms with Crippen LogP contribution < -0.4 is 21.7 Å². The summed E-state index contributed by atoms with van der Waals surface area (Å²) in [5, 5.41) is 7.69. The van der Waals surface area contributed by atoms with Crippen molar-refractivity contribution in [3.8, 4) is 11.8 Å². The van der Waals surface area contributed by atoms with Gasteiger partial charge >= 0.3 is 6.03 Å². The number of primary amides is 1. The van der Waals surface area contributed by atoms with Crippen LogP contribution in [0.25, 0.3) is 0 Å². The highest BCUT2D eigenvalue weighted by atomic mass is 32.2. The molecule has 13 heteroatoms. The Hall–Kier alpha value is -3.53. The van der Waals surface area contributed by atoms with Gasteiger partial charge in [-0.2, -0.15) is 0 Å². The topological polar surface area (TPSA) is 190 Å². The number of amides is 4. The third-order valence-corrected chi connectivity index (χ3v) is 5.97. The molecule has 5 N–H and O–H groups in total. The maximum atomic E-state index is 12.8. The molecule has 0 bridgehead atoms. The number of nitrogens with zero attached hydrogens (tertiary/aromatic N) is 2. The second-order valence-corrected chi connectivity index (χ2v) is 10.5. The summed E-state index contributed by atoms with van der Waals surface area (Å²) in [4.78, 5) is 55.4. The average Bonchev–Trinajstić information content (AvgIpc) is 2.78. The predicted octanol–water partition coefficient (Wildman–Crippen LogP) is 0.0650. The monoisotopic (exact) mass is 522 g/mol. The number of carbonyl (C=O) groups excluding carboxylic acids is 4. The molecule has 0 saturated heterocycles. The average molecular weight is 523 g/mol. The molecule has 0 radical (unpaired) electrons. The lowest BCUT2D eigenvalue weighted by atomic mass is 10.0. The molecule has 0 unspecified atom stereocenters. The maximum Gasteiger partial charge on any atom is 0.312 e. The summed E-state index contributed by atoms with van der Waals surface area (Å²) in [6, 6.07) is -0.957. The normalized spacial score (nSPS) is 12.6. The van der Waals surface area contributed by atoms with E-state index in [4.69, 9.17) is 5.73 Å². The number of Topliss-reactive ketones (excluding diaryl/α,β-unsaturated/α-hetero) is 1. The molecule has 12 nitrogen and oxygen atoms in total. The molecule has 0 aliphatic carbocycles. The van der Waals surface area contributed by atoms with Crippen molar-refractivity contribution in [3.05, 3.63) is 18.1 Å². The number of hydrogen-bond acceptors (Lipinski definition) is 8. The first-order valence-electron chi connectivity index (χ1n) is 11.5. The summed E-state index contributed by atoms with van der Waals surface area (Å²) < 4.78 is 23.1. The number of rotatable bonds is 13. The Kier molecular flexibility index (Phi) is 12.5. The van der Waals surface area contributed by atoms with Gasteiger partial charge in [0.25, 0.3) is 0 Å². The lowest BCUT2D eigenvalue weighted by Crippen LogP contribution is -2.53. The molecule has 1 aromatic heterocycles. The van der Waals surface area contributed by atoms with Gasteiger partial charge < -0.3 is 21.7 Å². The molecule has 0 aliphatic heterocycles. The molecule has 4 amide bonds. The molecule has 0 fully saturated rings. The van der Waals surface area contributed by atoms with Gasteiger partial charge in [-0.1, -0.05) is 19.8 Å². The quantitative estimate of drug-likeness (QED) is 0.159. The van der Waals surface area contributed by atoms with Crippen LogP contribution in [-0.4, -0.2) is 66.9 Å². The van der Waals surface area contributed by atoms with E-state index in [1.165, 1.54) is 13.0 Å². The molecule has 0 aliphatic rings. The molecular formula is C23H34N6O6S. The molecule has 1 rings (SSSR count). The fraction of sp³-hybridized carbons (Fsp3) is 0.565. The van der Waals surface area contributed by atoms with Crippen molar-refractivity contribution >= 4 is 33.5 Å². The third kappa shape index (κ3) is 11.7. The number of ketones is 1. The molecule has 0 saturated carbocycles. The lowest BCUT2D eigenvalue weighted by Gasteiger charge is -2.24. The second-order valence-electron chi connectivity index (χ2n) is 8.56. The number of aromatic nitrogens is 2. The molecule has 0 spiro atoms. The number of urea groups is 1. The zero-order chi connectivity index (χ0) is 27.3. The van der Waals surface area contributed by atoms with Crippen molar-refractivity contribution in [1.29, 1.82) is 0 Å². The molecule has 1 aromatic rings. The van der Waals surface area contributed by atoms with Gasteiger partial charge in [0.05, 0.1) is 6.04 Å². The Bertz CT molecular complexity index is 1110. The molecule has 0 aromatic carbocycles. The largest absolute Gasteiger partial charge is 0.352 e. The van der Waals surface area contributed by atoms with E-state index in [0.29, 0.717) is 25.7 Å². The Labute approximate surface area is 211 Å². The smallest absolute Gasteiger partial charge is 0.312 e. The van der Waals surface area contributed by atoms with E-state index in [-0.39, 0.29) is 41.3 Å². The van der Waals surface area contributed by atoms with Gasteiger partial charge in [-0.25, -0.2) is 23.2 Å². The second kappa shape index (κ2) is 14.8. The molecule has 198 valence electrons. The van der Waals surface area contributed by atoms with Crippen LogP contribution in [0.15, 0.2) is 17.4 Å². The van der Waals surface area contributed by atoms with Gasteiger partial charge in [-0.15, -0.1) is 0 Å². The summed E-state index contributed by atoms with van der Waals surface area (Å²) in [5.41, 5.74) is 5.27. The number of hydrogen-bond donors (Lipinski definition) is 4. The first kappa shape index (κ1) is 30.5. The first-order valence-corrected chi connectivity index (χ1v) is 13.3. The van der Waals surface area contributed by atoms with E-state index in [2.05, 4.69) is 37.8 Å². The Morgan fingerprint density at radius 1 is 1.11 bits per heavy atom. The zero-order valence-corrected chi connectivity index (χ0v) is 21.8. The Balaban J connectivity index is 2.59. The van der Waals surface area contributed by atoms with E-state index in [9.17, 15) is 27.6 Å². The van der Waals surface area contributed by atoms with Gasteiger partial charge in [-0.3, -0.25) is 14.4 Å². The maximum absolute atomic E-state index is 12.8. The lowest BCUT2D eigenvalue weighted by molar-refractivity contribution is -0.132. The van der Waals surface area contributed by atoms with Crippen LogP contribution in [0.3, 0.4) is 0 Å². The van der Waals surface area contributed by atoms with Crippen LogP contribution in [0, 0.1) is 17.8 Å². The number of unbranched alkanes of at least 4 members (excludes halogenated alkanes) is 1. The fourth-order valence-corrected chi connectivity index (χ4v) is 3.60. The third-order valence-electron chi connectivity index (χ3n) is 4.99. The standard InChI is InChI=1S/C23H34N6O6S/c1-15(2)21(22(32)28-18(16(3)30)10-8-12-25-23(24)33)29-19(31)11-7-5-6-9-17-13-20(27-14-26-17)36(4,34)35/h13-15,18,21H,5,7-8,10-12H2,1-4H3,(H,28,32)(H,29,31)(H3,24,25,33)/t18-,21-/m0/s1. The molecule has 2 atom stereocenters. The Morgan fingerprint density at radius 3 is 2.39 bits per heavy atom. The summed E-state index contributed by atoms with van der Waals surface area (Å²) in [6.07, 6.45) is 3.82. The number of carbonyl (C=O) groups is 4. The van der Waals surface area contributed by atoms with Gasteiger partial charge in [-0.05, 0) is 38.0 Å². The number of sulfone groups is 1. The van der Waals surface area contributed by atoms with Crippen molar-refractivity contribution < 1.29 is 27.6 Å². The van der Waals surface area contributed by atoms with Crippen LogP contribution in [-0.2, 0) is 24.2 Å². The van der Waals surface area contributed by atoms with Gasteiger partial charge in [0.15, 0.2) is 20.6 Å². The highest BCUT2D eigenvalue weighted by Gasteiger charge is 2.27. The number of nitrogens with one attached hydrogen (secondary N) is 3. The van der Waals surface area contributed by atoms with E-state index in [0.717, 1.165) is 12.6 Å². The van der Waals surface area contributed by atoms with Crippen molar-refractivity contribution in [2.24, 2.45) is 11.7 Å². The van der Waals surface area contributed by atoms with E-state index < -0.39 is 33.9 Å².